The number of ether oxygens (including phenoxy) is 1. The first-order valence-corrected chi connectivity index (χ1v) is 11.7. The van der Waals surface area contributed by atoms with Gasteiger partial charge in [-0.2, -0.15) is 0 Å². The fourth-order valence-electron chi connectivity index (χ4n) is 3.48. The smallest absolute Gasteiger partial charge is 0.228 e. The molecule has 1 N–H and O–H groups in total. The lowest BCUT2D eigenvalue weighted by Crippen LogP contribution is -2.17. The predicted octanol–water partition coefficient (Wildman–Crippen LogP) is 6.98. The number of benzene rings is 3. The lowest BCUT2D eigenvalue weighted by Gasteiger charge is -2.20. The fraction of sp³-hybridized carbons (Fsp3) is 0.240. The van der Waals surface area contributed by atoms with Crippen LogP contribution in [0.2, 0.25) is 5.02 Å². The first-order valence-electron chi connectivity index (χ1n) is 10.3. The van der Waals surface area contributed by atoms with Crippen LogP contribution >= 0.6 is 23.4 Å². The van der Waals surface area contributed by atoms with Crippen molar-refractivity contribution >= 4 is 35.0 Å². The number of hydrogen-bond donors (Lipinski definition) is 1. The minimum Gasteiger partial charge on any atom is -0.479 e. The van der Waals surface area contributed by atoms with E-state index in [1.807, 2.05) is 24.3 Å². The van der Waals surface area contributed by atoms with Gasteiger partial charge in [-0.05, 0) is 66.1 Å². The van der Waals surface area contributed by atoms with Gasteiger partial charge in [-0.3, -0.25) is 4.79 Å². The lowest BCUT2D eigenvalue weighted by molar-refractivity contribution is -0.115. The maximum absolute atomic E-state index is 14.7. The molecule has 0 heterocycles. The molecule has 0 spiro atoms. The highest BCUT2D eigenvalue weighted by atomic mass is 35.5. The van der Waals surface area contributed by atoms with E-state index in [-0.39, 0.29) is 23.1 Å². The maximum Gasteiger partial charge on any atom is 0.228 e. The monoisotopic (exact) mass is 473 g/mol. The van der Waals surface area contributed by atoms with Gasteiger partial charge in [0.1, 0.15) is 11.4 Å². The van der Waals surface area contributed by atoms with Gasteiger partial charge in [0.05, 0.1) is 11.4 Å². The second-order valence-electron chi connectivity index (χ2n) is 7.67. The average molecular weight is 474 g/mol. The van der Waals surface area contributed by atoms with Crippen LogP contribution in [0.15, 0.2) is 65.6 Å². The first-order chi connectivity index (χ1) is 15.4. The first kappa shape index (κ1) is 22.6. The molecule has 0 saturated heterocycles. The third-order valence-electron chi connectivity index (χ3n) is 5.27. The van der Waals surface area contributed by atoms with E-state index in [0.717, 1.165) is 16.2 Å². The molecule has 1 aliphatic rings. The zero-order valence-corrected chi connectivity index (χ0v) is 19.0. The number of halogens is 3. The molecule has 0 radical (unpaired) electrons. The summed E-state index contributed by atoms with van der Waals surface area (Å²) in [5.74, 6) is -0.312. The largest absolute Gasteiger partial charge is 0.479 e. The van der Waals surface area contributed by atoms with Crippen molar-refractivity contribution in [2.24, 2.45) is 0 Å². The molecule has 3 aromatic rings. The molecule has 1 fully saturated rings. The van der Waals surface area contributed by atoms with Crippen molar-refractivity contribution in [1.82, 2.24) is 0 Å². The third kappa shape index (κ3) is 5.25. The average Bonchev–Trinajstić information content (AvgIpc) is 3.54. The lowest BCUT2D eigenvalue weighted by atomic mass is 10.1. The standard InChI is InChI=1S/C25H22ClF2NO2S/c1-2-32-19-7-3-16(4-8-19)13-24(30)29-18-6-10-23(22(28)15-18)31-25(11-12-25)17-5-9-20(26)21(27)14-17/h3-10,14-15H,2,11-13H2,1H3,(H,29,30). The van der Waals surface area contributed by atoms with Crippen LogP contribution in [0.1, 0.15) is 30.9 Å². The summed E-state index contributed by atoms with van der Waals surface area (Å²) in [4.78, 5) is 13.5. The Morgan fingerprint density at radius 1 is 1.06 bits per heavy atom. The summed E-state index contributed by atoms with van der Waals surface area (Å²) in [7, 11) is 0. The SMILES string of the molecule is CCSc1ccc(CC(=O)Nc2ccc(OC3(c4ccc(Cl)c(F)c4)CC3)c(F)c2)cc1. The molecule has 166 valence electrons. The van der Waals surface area contributed by atoms with E-state index in [0.29, 0.717) is 24.1 Å². The molecule has 32 heavy (non-hydrogen) atoms. The molecule has 4 rings (SSSR count). The van der Waals surface area contributed by atoms with Gasteiger partial charge in [0.25, 0.3) is 0 Å². The topological polar surface area (TPSA) is 38.3 Å². The Labute approximate surface area is 195 Å². The van der Waals surface area contributed by atoms with Gasteiger partial charge < -0.3 is 10.1 Å². The van der Waals surface area contributed by atoms with Crippen molar-refractivity contribution in [3.63, 3.8) is 0 Å². The highest BCUT2D eigenvalue weighted by Crippen LogP contribution is 2.50. The van der Waals surface area contributed by atoms with E-state index in [1.54, 1.807) is 23.9 Å². The van der Waals surface area contributed by atoms with Crippen molar-refractivity contribution in [3.8, 4) is 5.75 Å². The van der Waals surface area contributed by atoms with Crippen molar-refractivity contribution < 1.29 is 18.3 Å². The Kier molecular flexibility index (Phi) is 6.72. The van der Waals surface area contributed by atoms with Gasteiger partial charge in [-0.1, -0.05) is 36.7 Å². The normalized spacial score (nSPS) is 14.1. The number of anilines is 1. The molecule has 0 unspecified atom stereocenters. The van der Waals surface area contributed by atoms with Crippen LogP contribution in [-0.2, 0) is 16.8 Å². The summed E-state index contributed by atoms with van der Waals surface area (Å²) in [6.07, 6.45) is 1.51. The summed E-state index contributed by atoms with van der Waals surface area (Å²) in [5, 5.41) is 2.75. The van der Waals surface area contributed by atoms with Gasteiger partial charge in [0.2, 0.25) is 5.91 Å². The van der Waals surface area contributed by atoms with Crippen LogP contribution in [-0.4, -0.2) is 11.7 Å². The van der Waals surface area contributed by atoms with Gasteiger partial charge in [-0.25, -0.2) is 8.78 Å². The second kappa shape index (κ2) is 9.51. The summed E-state index contributed by atoms with van der Waals surface area (Å²) >= 11 is 7.49. The van der Waals surface area contributed by atoms with Gasteiger partial charge in [-0.15, -0.1) is 11.8 Å². The van der Waals surface area contributed by atoms with E-state index in [2.05, 4.69) is 12.2 Å². The van der Waals surface area contributed by atoms with E-state index >= 15 is 0 Å². The second-order valence-corrected chi connectivity index (χ2v) is 9.42. The van der Waals surface area contributed by atoms with Crippen LogP contribution in [0, 0.1) is 11.6 Å². The Morgan fingerprint density at radius 3 is 2.44 bits per heavy atom. The van der Waals surface area contributed by atoms with Crippen molar-refractivity contribution in [2.75, 3.05) is 11.1 Å². The van der Waals surface area contributed by atoms with E-state index < -0.39 is 17.2 Å². The molecule has 0 aromatic heterocycles. The van der Waals surface area contributed by atoms with Gasteiger partial charge in [0, 0.05) is 16.6 Å². The molecule has 3 aromatic carbocycles. The Hall–Kier alpha value is -2.57. The summed E-state index contributed by atoms with van der Waals surface area (Å²) in [6.45, 7) is 2.09. The zero-order chi connectivity index (χ0) is 22.7. The van der Waals surface area contributed by atoms with Crippen LogP contribution in [0.3, 0.4) is 0 Å². The number of nitrogens with one attached hydrogen (secondary N) is 1. The number of hydrogen-bond acceptors (Lipinski definition) is 3. The summed E-state index contributed by atoms with van der Waals surface area (Å²) in [6, 6.07) is 16.6. The Bertz CT molecular complexity index is 1130. The zero-order valence-electron chi connectivity index (χ0n) is 17.5. The fourth-order valence-corrected chi connectivity index (χ4v) is 4.25. The highest BCUT2D eigenvalue weighted by Gasteiger charge is 2.48. The molecule has 1 amide bonds. The molecular formula is C25H22ClF2NO2S. The van der Waals surface area contributed by atoms with E-state index in [9.17, 15) is 13.6 Å². The van der Waals surface area contributed by atoms with Crippen LogP contribution < -0.4 is 10.1 Å². The summed E-state index contributed by atoms with van der Waals surface area (Å²) < 4.78 is 34.4. The highest BCUT2D eigenvalue weighted by molar-refractivity contribution is 7.99. The maximum atomic E-state index is 14.7. The Balaban J connectivity index is 1.39. The minimum atomic E-state index is -0.751. The molecule has 1 saturated carbocycles. The third-order valence-corrected chi connectivity index (χ3v) is 6.47. The van der Waals surface area contributed by atoms with Gasteiger partial charge in [0.15, 0.2) is 11.6 Å². The number of amides is 1. The van der Waals surface area contributed by atoms with E-state index in [1.165, 1.54) is 24.3 Å². The van der Waals surface area contributed by atoms with Crippen LogP contribution in [0.4, 0.5) is 14.5 Å². The predicted molar refractivity (Wildman–Crippen MR) is 125 cm³/mol. The van der Waals surface area contributed by atoms with E-state index in [4.69, 9.17) is 16.3 Å². The molecule has 1 aliphatic carbocycles. The number of rotatable bonds is 8. The quantitative estimate of drug-likeness (QED) is 0.359. The van der Waals surface area contributed by atoms with Crippen molar-refractivity contribution in [1.29, 1.82) is 0 Å². The van der Waals surface area contributed by atoms with Crippen LogP contribution in [0.5, 0.6) is 5.75 Å². The Morgan fingerprint density at radius 2 is 1.81 bits per heavy atom. The van der Waals surface area contributed by atoms with Crippen LogP contribution in [0.25, 0.3) is 0 Å². The molecule has 0 atom stereocenters. The number of carbonyl (C=O) groups is 1. The molecule has 3 nitrogen and oxygen atoms in total. The van der Waals surface area contributed by atoms with Crippen molar-refractivity contribution in [2.45, 2.75) is 36.7 Å². The molecule has 0 aliphatic heterocycles. The number of thioether (sulfide) groups is 1. The molecule has 7 heteroatoms. The molecule has 0 bridgehead atoms. The van der Waals surface area contributed by atoms with Gasteiger partial charge >= 0.3 is 0 Å². The van der Waals surface area contributed by atoms with Crippen molar-refractivity contribution in [3.05, 3.63) is 88.4 Å². The molecular weight excluding hydrogens is 452 g/mol. The number of carbonyl (C=O) groups excluding carboxylic acids is 1. The summed E-state index contributed by atoms with van der Waals surface area (Å²) in [5.41, 5.74) is 1.10. The minimum absolute atomic E-state index is 0.0339.